The molecule has 1 aromatic carbocycles. The summed E-state index contributed by atoms with van der Waals surface area (Å²) in [6.45, 7) is 0. The molecule has 3 rings (SSSR count). The lowest BCUT2D eigenvalue weighted by atomic mass is 10.2. The van der Waals surface area contributed by atoms with Crippen LogP contribution in [-0.4, -0.2) is 14.7 Å². The van der Waals surface area contributed by atoms with Crippen LogP contribution in [0.1, 0.15) is 0 Å². The van der Waals surface area contributed by atoms with Crippen LogP contribution >= 0.6 is 15.9 Å². The number of fused-ring (bicyclic) bond motifs is 1. The summed E-state index contributed by atoms with van der Waals surface area (Å²) in [5.41, 5.74) is 0. The van der Waals surface area contributed by atoms with Crippen molar-refractivity contribution in [3.05, 3.63) is 53.3 Å². The Morgan fingerprint density at radius 3 is 2.65 bits per heavy atom. The lowest BCUT2D eigenvalue weighted by molar-refractivity contribution is 0.447. The molecular formula is C13H9BrN2O. The Balaban J connectivity index is 2.24. The summed E-state index contributed by atoms with van der Waals surface area (Å²) < 4.78 is 2.59. The summed E-state index contributed by atoms with van der Waals surface area (Å²) in [7, 11) is 0. The third-order valence-corrected chi connectivity index (χ3v) is 3.13. The van der Waals surface area contributed by atoms with E-state index in [4.69, 9.17) is 0 Å². The van der Waals surface area contributed by atoms with E-state index in [0.717, 1.165) is 15.2 Å². The quantitative estimate of drug-likeness (QED) is 0.744. The maximum Gasteiger partial charge on any atom is 0.204 e. The molecule has 0 spiro atoms. The van der Waals surface area contributed by atoms with Crippen LogP contribution in [0.15, 0.2) is 53.3 Å². The average Bonchev–Trinajstić information content (AvgIpc) is 2.69. The van der Waals surface area contributed by atoms with Gasteiger partial charge in [0.25, 0.3) is 0 Å². The molecule has 0 unspecified atom stereocenters. The molecule has 1 N–H and O–H groups in total. The number of nitrogens with zero attached hydrogens (tertiary/aromatic N) is 2. The van der Waals surface area contributed by atoms with Crippen molar-refractivity contribution in [2.75, 3.05) is 0 Å². The van der Waals surface area contributed by atoms with Gasteiger partial charge in [0.15, 0.2) is 0 Å². The SMILES string of the molecule is Oc1c2ccccc2cn1-c1ccc(Br)cn1. The largest absolute Gasteiger partial charge is 0.494 e. The highest BCUT2D eigenvalue weighted by Gasteiger charge is 2.09. The van der Waals surface area contributed by atoms with E-state index in [1.54, 1.807) is 10.8 Å². The molecule has 0 radical (unpaired) electrons. The van der Waals surface area contributed by atoms with Crippen LogP contribution in [0, 0.1) is 0 Å². The number of benzene rings is 1. The Hall–Kier alpha value is -1.81. The first kappa shape index (κ1) is 10.4. The predicted octanol–water partition coefficient (Wildman–Crippen LogP) is 3.49. The van der Waals surface area contributed by atoms with E-state index >= 15 is 0 Å². The second-order valence-corrected chi connectivity index (χ2v) is 4.66. The number of aromatic hydroxyl groups is 1. The van der Waals surface area contributed by atoms with Gasteiger partial charge in [-0.15, -0.1) is 0 Å². The van der Waals surface area contributed by atoms with Crippen LogP contribution < -0.4 is 0 Å². The first-order valence-corrected chi connectivity index (χ1v) is 5.96. The summed E-state index contributed by atoms with van der Waals surface area (Å²) in [5, 5.41) is 11.9. The lowest BCUT2D eigenvalue weighted by Gasteiger charge is -2.03. The fourth-order valence-corrected chi connectivity index (χ4v) is 2.06. The standard InChI is InChI=1S/C13H9BrN2O/c14-10-5-6-12(15-7-10)16-8-9-3-1-2-4-11(9)13(16)17/h1-8,17H. The van der Waals surface area contributed by atoms with Crippen molar-refractivity contribution in [3.63, 3.8) is 0 Å². The first-order valence-electron chi connectivity index (χ1n) is 5.17. The highest BCUT2D eigenvalue weighted by molar-refractivity contribution is 9.10. The van der Waals surface area contributed by atoms with E-state index in [2.05, 4.69) is 20.9 Å². The minimum Gasteiger partial charge on any atom is -0.494 e. The second-order valence-electron chi connectivity index (χ2n) is 3.74. The minimum absolute atomic E-state index is 0.218. The van der Waals surface area contributed by atoms with Gasteiger partial charge in [-0.1, -0.05) is 18.2 Å². The number of aromatic nitrogens is 2. The number of rotatable bonds is 1. The highest BCUT2D eigenvalue weighted by Crippen LogP contribution is 2.29. The number of hydrogen-bond donors (Lipinski definition) is 1. The van der Waals surface area contributed by atoms with E-state index in [1.807, 2.05) is 42.6 Å². The molecule has 2 heterocycles. The molecule has 0 aliphatic carbocycles. The second kappa shape index (κ2) is 3.89. The van der Waals surface area contributed by atoms with Crippen molar-refractivity contribution in [2.24, 2.45) is 0 Å². The van der Waals surface area contributed by atoms with Crippen molar-refractivity contribution in [1.82, 2.24) is 9.55 Å². The number of pyridine rings is 1. The van der Waals surface area contributed by atoms with Gasteiger partial charge >= 0.3 is 0 Å². The van der Waals surface area contributed by atoms with Crippen LogP contribution in [0.2, 0.25) is 0 Å². The molecule has 17 heavy (non-hydrogen) atoms. The Morgan fingerprint density at radius 1 is 1.12 bits per heavy atom. The van der Waals surface area contributed by atoms with E-state index < -0.39 is 0 Å². The fourth-order valence-electron chi connectivity index (χ4n) is 1.83. The smallest absolute Gasteiger partial charge is 0.204 e. The van der Waals surface area contributed by atoms with Gasteiger partial charge < -0.3 is 5.11 Å². The summed E-state index contributed by atoms with van der Waals surface area (Å²) in [4.78, 5) is 4.26. The maximum absolute atomic E-state index is 10.1. The van der Waals surface area contributed by atoms with Gasteiger partial charge in [-0.2, -0.15) is 0 Å². The maximum atomic E-state index is 10.1. The molecule has 4 heteroatoms. The van der Waals surface area contributed by atoms with Crippen LogP contribution in [0.5, 0.6) is 5.88 Å². The van der Waals surface area contributed by atoms with Crippen LogP contribution in [0.4, 0.5) is 0 Å². The molecule has 0 atom stereocenters. The first-order chi connectivity index (χ1) is 8.25. The Morgan fingerprint density at radius 2 is 1.94 bits per heavy atom. The summed E-state index contributed by atoms with van der Waals surface area (Å²) in [5.74, 6) is 0.914. The molecule has 0 saturated heterocycles. The third kappa shape index (κ3) is 1.70. The van der Waals surface area contributed by atoms with Crippen LogP contribution in [-0.2, 0) is 0 Å². The number of hydrogen-bond acceptors (Lipinski definition) is 2. The Labute approximate surface area is 106 Å². The van der Waals surface area contributed by atoms with E-state index in [0.29, 0.717) is 5.82 Å². The van der Waals surface area contributed by atoms with E-state index in [9.17, 15) is 5.11 Å². The summed E-state index contributed by atoms with van der Waals surface area (Å²) in [6, 6.07) is 11.4. The van der Waals surface area contributed by atoms with Crippen molar-refractivity contribution < 1.29 is 5.11 Å². The summed E-state index contributed by atoms with van der Waals surface area (Å²) >= 11 is 3.34. The molecule has 0 bridgehead atoms. The van der Waals surface area contributed by atoms with Gasteiger partial charge in [-0.05, 0) is 34.1 Å². The fraction of sp³-hybridized carbons (Fsp3) is 0. The van der Waals surface area contributed by atoms with Gasteiger partial charge in [0.1, 0.15) is 5.82 Å². The molecule has 0 amide bonds. The van der Waals surface area contributed by atoms with Gasteiger partial charge in [0.05, 0.1) is 0 Å². The van der Waals surface area contributed by atoms with Gasteiger partial charge in [-0.25, -0.2) is 4.98 Å². The van der Waals surface area contributed by atoms with E-state index in [1.165, 1.54) is 0 Å². The molecule has 3 nitrogen and oxygen atoms in total. The van der Waals surface area contributed by atoms with Crippen LogP contribution in [0.25, 0.3) is 16.6 Å². The Bertz CT molecular complexity index is 673. The van der Waals surface area contributed by atoms with Gasteiger partial charge in [0.2, 0.25) is 5.88 Å². The van der Waals surface area contributed by atoms with Crippen molar-refractivity contribution in [2.45, 2.75) is 0 Å². The normalized spacial score (nSPS) is 10.9. The third-order valence-electron chi connectivity index (χ3n) is 2.66. The molecule has 0 fully saturated rings. The van der Waals surface area contributed by atoms with Gasteiger partial charge in [0, 0.05) is 27.6 Å². The zero-order chi connectivity index (χ0) is 11.8. The zero-order valence-electron chi connectivity index (χ0n) is 8.84. The molecule has 2 aromatic heterocycles. The monoisotopic (exact) mass is 288 g/mol. The molecular weight excluding hydrogens is 280 g/mol. The topological polar surface area (TPSA) is 38.0 Å². The van der Waals surface area contributed by atoms with Crippen molar-refractivity contribution in [1.29, 1.82) is 0 Å². The molecule has 0 aliphatic heterocycles. The zero-order valence-corrected chi connectivity index (χ0v) is 10.4. The predicted molar refractivity (Wildman–Crippen MR) is 70.4 cm³/mol. The summed E-state index contributed by atoms with van der Waals surface area (Å²) in [6.07, 6.45) is 3.58. The highest BCUT2D eigenvalue weighted by atomic mass is 79.9. The van der Waals surface area contributed by atoms with Crippen molar-refractivity contribution in [3.8, 4) is 11.7 Å². The Kier molecular flexibility index (Phi) is 2.37. The lowest BCUT2D eigenvalue weighted by Crippen LogP contribution is -1.93. The van der Waals surface area contributed by atoms with Crippen LogP contribution in [0.3, 0.4) is 0 Å². The molecule has 0 aliphatic rings. The molecule has 0 saturated carbocycles. The van der Waals surface area contributed by atoms with E-state index in [-0.39, 0.29) is 5.88 Å². The minimum atomic E-state index is 0.218. The van der Waals surface area contributed by atoms with Gasteiger partial charge in [-0.3, -0.25) is 4.57 Å². The van der Waals surface area contributed by atoms with Crippen molar-refractivity contribution >= 4 is 26.7 Å². The molecule has 84 valence electrons. The number of halogens is 1. The average molecular weight is 289 g/mol. The molecule has 3 aromatic rings.